The van der Waals surface area contributed by atoms with E-state index in [1.807, 2.05) is 0 Å². The second-order valence-corrected chi connectivity index (χ2v) is 4.58. The summed E-state index contributed by atoms with van der Waals surface area (Å²) < 4.78 is 42.2. The molecule has 0 bridgehead atoms. The van der Waals surface area contributed by atoms with E-state index < -0.39 is 24.2 Å². The number of halogens is 3. The van der Waals surface area contributed by atoms with Gasteiger partial charge in [0.2, 0.25) is 5.91 Å². The fourth-order valence-corrected chi connectivity index (χ4v) is 1.41. The minimum Gasteiger partial charge on any atom is -0.467 e. The van der Waals surface area contributed by atoms with Gasteiger partial charge in [-0.15, -0.1) is 0 Å². The van der Waals surface area contributed by atoms with E-state index in [2.05, 4.69) is 0 Å². The van der Waals surface area contributed by atoms with Gasteiger partial charge in [-0.2, -0.15) is 13.2 Å². The van der Waals surface area contributed by atoms with Crippen molar-refractivity contribution in [3.05, 3.63) is 24.2 Å². The molecule has 1 heterocycles. The monoisotopic (exact) mass is 264 g/mol. The number of rotatable bonds is 4. The van der Waals surface area contributed by atoms with Gasteiger partial charge >= 0.3 is 6.18 Å². The van der Waals surface area contributed by atoms with E-state index in [-0.39, 0.29) is 12.3 Å². The van der Waals surface area contributed by atoms with Crippen LogP contribution in [0.3, 0.4) is 0 Å². The van der Waals surface area contributed by atoms with Gasteiger partial charge in [0.15, 0.2) is 0 Å². The van der Waals surface area contributed by atoms with Gasteiger partial charge in [-0.1, -0.05) is 0 Å². The van der Waals surface area contributed by atoms with Crippen molar-refractivity contribution >= 4 is 5.91 Å². The summed E-state index contributed by atoms with van der Waals surface area (Å²) in [5.74, 6) is -0.506. The Balaban J connectivity index is 2.85. The van der Waals surface area contributed by atoms with Crippen molar-refractivity contribution in [1.29, 1.82) is 0 Å². The lowest BCUT2D eigenvalue weighted by molar-refractivity contribution is -0.165. The third-order valence-corrected chi connectivity index (χ3v) is 2.14. The molecule has 0 spiro atoms. The molecule has 0 atom stereocenters. The van der Waals surface area contributed by atoms with Crippen LogP contribution in [0.1, 0.15) is 19.6 Å². The molecule has 0 saturated carbocycles. The maximum atomic E-state index is 12.4. The van der Waals surface area contributed by atoms with Crippen LogP contribution in [0.2, 0.25) is 0 Å². The topological polar surface area (TPSA) is 59.5 Å². The predicted molar refractivity (Wildman–Crippen MR) is 58.4 cm³/mol. The van der Waals surface area contributed by atoms with Crippen LogP contribution in [0.5, 0.6) is 0 Å². The van der Waals surface area contributed by atoms with Crippen molar-refractivity contribution in [3.8, 4) is 0 Å². The Morgan fingerprint density at radius 1 is 1.44 bits per heavy atom. The summed E-state index contributed by atoms with van der Waals surface area (Å²) in [6.07, 6.45) is -3.15. The highest BCUT2D eigenvalue weighted by Gasteiger charge is 2.37. The van der Waals surface area contributed by atoms with E-state index in [1.54, 1.807) is 6.07 Å². The maximum Gasteiger partial charge on any atom is 0.406 e. The van der Waals surface area contributed by atoms with E-state index in [1.165, 1.54) is 26.2 Å². The number of nitrogens with two attached hydrogens (primary N) is 1. The van der Waals surface area contributed by atoms with Gasteiger partial charge in [-0.05, 0) is 26.0 Å². The minimum atomic E-state index is -4.48. The molecule has 0 fully saturated rings. The number of carbonyl (C=O) groups is 1. The number of carbonyl (C=O) groups excluding carboxylic acids is 1. The normalized spacial score (nSPS) is 12.6. The summed E-state index contributed by atoms with van der Waals surface area (Å²) in [7, 11) is 0. The average Bonchev–Trinajstić information content (AvgIpc) is 2.64. The lowest BCUT2D eigenvalue weighted by Crippen LogP contribution is -2.52. The van der Waals surface area contributed by atoms with Crippen molar-refractivity contribution < 1.29 is 22.4 Å². The Morgan fingerprint density at radius 3 is 2.44 bits per heavy atom. The molecule has 18 heavy (non-hydrogen) atoms. The SMILES string of the molecule is CC(C)(N)C(=O)N(Cc1ccco1)CC(F)(F)F. The molecule has 0 aliphatic carbocycles. The number of hydrogen-bond donors (Lipinski definition) is 1. The van der Waals surface area contributed by atoms with Crippen LogP contribution in [0.25, 0.3) is 0 Å². The highest BCUT2D eigenvalue weighted by Crippen LogP contribution is 2.20. The average molecular weight is 264 g/mol. The Hall–Kier alpha value is -1.50. The molecule has 0 aliphatic heterocycles. The van der Waals surface area contributed by atoms with E-state index in [0.29, 0.717) is 4.90 Å². The van der Waals surface area contributed by atoms with Crippen molar-refractivity contribution in [3.63, 3.8) is 0 Å². The molecular weight excluding hydrogens is 249 g/mol. The number of nitrogens with zero attached hydrogens (tertiary/aromatic N) is 1. The first-order chi connectivity index (χ1) is 8.09. The van der Waals surface area contributed by atoms with Gasteiger partial charge in [-0.25, -0.2) is 0 Å². The number of amides is 1. The fourth-order valence-electron chi connectivity index (χ4n) is 1.41. The summed E-state index contributed by atoms with van der Waals surface area (Å²) >= 11 is 0. The van der Waals surface area contributed by atoms with Gasteiger partial charge < -0.3 is 15.1 Å². The molecule has 1 amide bonds. The van der Waals surface area contributed by atoms with Crippen molar-refractivity contribution in [2.75, 3.05) is 6.54 Å². The number of alkyl halides is 3. The molecule has 1 rings (SSSR count). The smallest absolute Gasteiger partial charge is 0.406 e. The molecule has 0 aromatic carbocycles. The van der Waals surface area contributed by atoms with Crippen LogP contribution in [0, 0.1) is 0 Å². The van der Waals surface area contributed by atoms with Crippen LogP contribution < -0.4 is 5.73 Å². The van der Waals surface area contributed by atoms with Gasteiger partial charge in [0.05, 0.1) is 18.3 Å². The van der Waals surface area contributed by atoms with Crippen LogP contribution >= 0.6 is 0 Å². The van der Waals surface area contributed by atoms with Crippen molar-refractivity contribution in [2.24, 2.45) is 5.73 Å². The van der Waals surface area contributed by atoms with E-state index in [9.17, 15) is 18.0 Å². The molecule has 1 aromatic rings. The lowest BCUT2D eigenvalue weighted by atomic mass is 10.1. The summed E-state index contributed by atoms with van der Waals surface area (Å²) in [6.45, 7) is 1.11. The second-order valence-electron chi connectivity index (χ2n) is 4.58. The lowest BCUT2D eigenvalue weighted by Gasteiger charge is -2.29. The highest BCUT2D eigenvalue weighted by atomic mass is 19.4. The molecule has 0 radical (unpaired) electrons. The second kappa shape index (κ2) is 5.01. The van der Waals surface area contributed by atoms with Crippen LogP contribution in [0.4, 0.5) is 13.2 Å². The molecule has 7 heteroatoms. The fraction of sp³-hybridized carbons (Fsp3) is 0.545. The zero-order valence-corrected chi connectivity index (χ0v) is 10.1. The molecule has 0 saturated heterocycles. The van der Waals surface area contributed by atoms with Crippen LogP contribution in [-0.4, -0.2) is 29.1 Å². The Bertz CT molecular complexity index is 393. The third-order valence-electron chi connectivity index (χ3n) is 2.14. The zero-order valence-electron chi connectivity index (χ0n) is 10.1. The van der Waals surface area contributed by atoms with Gasteiger partial charge in [0.25, 0.3) is 0 Å². The Kier molecular flexibility index (Phi) is 4.05. The molecule has 2 N–H and O–H groups in total. The predicted octanol–water partition coefficient (Wildman–Crippen LogP) is 1.91. The number of furan rings is 1. The van der Waals surface area contributed by atoms with Crippen molar-refractivity contribution in [1.82, 2.24) is 4.90 Å². The molecule has 1 aromatic heterocycles. The molecule has 0 unspecified atom stereocenters. The maximum absolute atomic E-state index is 12.4. The Labute approximate surface area is 103 Å². The van der Waals surface area contributed by atoms with E-state index in [0.717, 1.165) is 0 Å². The summed E-state index contributed by atoms with van der Waals surface area (Å²) in [4.78, 5) is 12.5. The van der Waals surface area contributed by atoms with E-state index >= 15 is 0 Å². The first-order valence-corrected chi connectivity index (χ1v) is 5.27. The van der Waals surface area contributed by atoms with Gasteiger partial charge in [0, 0.05) is 0 Å². The van der Waals surface area contributed by atoms with E-state index in [4.69, 9.17) is 10.2 Å². The molecule has 0 aliphatic rings. The van der Waals surface area contributed by atoms with Crippen molar-refractivity contribution in [2.45, 2.75) is 32.1 Å². The summed E-state index contributed by atoms with van der Waals surface area (Å²) in [5.41, 5.74) is 4.18. The van der Waals surface area contributed by atoms with Gasteiger partial charge in [0.1, 0.15) is 12.3 Å². The molecular formula is C11H15F3N2O2. The molecule has 102 valence electrons. The van der Waals surface area contributed by atoms with Crippen LogP contribution in [0.15, 0.2) is 22.8 Å². The third kappa shape index (κ3) is 4.40. The number of hydrogen-bond acceptors (Lipinski definition) is 3. The highest BCUT2D eigenvalue weighted by molar-refractivity contribution is 5.85. The first-order valence-electron chi connectivity index (χ1n) is 5.27. The Morgan fingerprint density at radius 2 is 2.06 bits per heavy atom. The van der Waals surface area contributed by atoms with Gasteiger partial charge in [-0.3, -0.25) is 4.79 Å². The standard InChI is InChI=1S/C11H15F3N2O2/c1-10(2,15)9(17)16(7-11(12,13)14)6-8-4-3-5-18-8/h3-5H,6-7,15H2,1-2H3. The van der Waals surface area contributed by atoms with Crippen LogP contribution in [-0.2, 0) is 11.3 Å². The minimum absolute atomic E-state index is 0.258. The summed E-state index contributed by atoms with van der Waals surface area (Å²) in [5, 5.41) is 0. The zero-order chi connectivity index (χ0) is 14.0. The molecule has 4 nitrogen and oxygen atoms in total. The summed E-state index contributed by atoms with van der Waals surface area (Å²) in [6, 6.07) is 3.04. The first kappa shape index (κ1) is 14.6. The quantitative estimate of drug-likeness (QED) is 0.903. The largest absolute Gasteiger partial charge is 0.467 e.